The van der Waals surface area contributed by atoms with Crippen molar-refractivity contribution in [2.24, 2.45) is 0 Å². The highest BCUT2D eigenvalue weighted by atomic mass is 35.5. The molecule has 2 rings (SSSR count). The Morgan fingerprint density at radius 1 is 1.43 bits per heavy atom. The summed E-state index contributed by atoms with van der Waals surface area (Å²) in [6.45, 7) is 0.00473. The highest BCUT2D eigenvalue weighted by Gasteiger charge is 2.19. The number of rotatable bonds is 5. The van der Waals surface area contributed by atoms with Crippen LogP contribution >= 0.6 is 11.6 Å². The molecule has 0 radical (unpaired) electrons. The minimum atomic E-state index is -1.36. The number of aromatic carboxylic acids is 1. The normalized spacial score (nSPS) is 10.1. The van der Waals surface area contributed by atoms with Crippen LogP contribution in [-0.4, -0.2) is 21.0 Å². The average Bonchev–Trinajstić information content (AvgIpc) is 2.46. The van der Waals surface area contributed by atoms with E-state index in [0.717, 1.165) is 12.3 Å². The van der Waals surface area contributed by atoms with Crippen molar-refractivity contribution in [2.45, 2.75) is 6.61 Å². The molecule has 2 aromatic rings. The topological polar surface area (TPSA) is 103 Å². The van der Waals surface area contributed by atoms with Crippen LogP contribution in [0.1, 0.15) is 15.9 Å². The first-order valence-corrected chi connectivity index (χ1v) is 6.10. The third kappa shape index (κ3) is 3.46. The molecule has 0 spiro atoms. The average molecular weight is 309 g/mol. The fraction of sp³-hybridized carbons (Fsp3) is 0.0769. The molecule has 0 aliphatic carbocycles. The van der Waals surface area contributed by atoms with Crippen LogP contribution in [0.5, 0.6) is 5.88 Å². The number of aromatic nitrogens is 1. The van der Waals surface area contributed by atoms with Gasteiger partial charge >= 0.3 is 5.97 Å². The zero-order valence-corrected chi connectivity index (χ0v) is 11.3. The lowest BCUT2D eigenvalue weighted by atomic mass is 10.2. The molecule has 7 nitrogen and oxygen atoms in total. The van der Waals surface area contributed by atoms with Crippen LogP contribution in [0.4, 0.5) is 5.69 Å². The molecule has 0 aliphatic heterocycles. The number of pyridine rings is 1. The fourth-order valence-corrected chi connectivity index (χ4v) is 1.76. The van der Waals surface area contributed by atoms with Crippen molar-refractivity contribution < 1.29 is 19.6 Å². The molecule has 1 aromatic carbocycles. The largest absolute Gasteiger partial charge is 0.477 e. The quantitative estimate of drug-likeness (QED) is 0.673. The summed E-state index contributed by atoms with van der Waals surface area (Å²) in [5, 5.41) is 20.1. The van der Waals surface area contributed by atoms with Crippen LogP contribution in [0.25, 0.3) is 0 Å². The van der Waals surface area contributed by atoms with Gasteiger partial charge in [0.05, 0.1) is 4.92 Å². The second kappa shape index (κ2) is 6.19. The lowest BCUT2D eigenvalue weighted by Crippen LogP contribution is -2.06. The van der Waals surface area contributed by atoms with Gasteiger partial charge in [0.2, 0.25) is 5.88 Å². The van der Waals surface area contributed by atoms with Crippen LogP contribution in [0.3, 0.4) is 0 Å². The number of hydrogen-bond donors (Lipinski definition) is 1. The fourth-order valence-electron chi connectivity index (χ4n) is 1.57. The molecular weight excluding hydrogens is 300 g/mol. The van der Waals surface area contributed by atoms with E-state index in [9.17, 15) is 14.9 Å². The summed E-state index contributed by atoms with van der Waals surface area (Å²) in [6, 6.07) is 7.79. The lowest BCUT2D eigenvalue weighted by molar-refractivity contribution is -0.385. The minimum Gasteiger partial charge on any atom is -0.477 e. The molecule has 0 atom stereocenters. The Labute approximate surface area is 123 Å². The molecule has 0 fully saturated rings. The number of nitro groups is 1. The predicted octanol–water partition coefficient (Wildman–Crippen LogP) is 2.92. The number of carbonyl (C=O) groups is 1. The summed E-state index contributed by atoms with van der Waals surface area (Å²) in [7, 11) is 0. The molecule has 0 amide bonds. The second-order valence-corrected chi connectivity index (χ2v) is 4.40. The van der Waals surface area contributed by atoms with Crippen LogP contribution in [0.15, 0.2) is 36.5 Å². The van der Waals surface area contributed by atoms with E-state index in [-0.39, 0.29) is 18.1 Å². The molecule has 0 unspecified atom stereocenters. The van der Waals surface area contributed by atoms with Crippen LogP contribution in [0, 0.1) is 10.1 Å². The van der Waals surface area contributed by atoms with Gasteiger partial charge in [-0.2, -0.15) is 0 Å². The summed E-state index contributed by atoms with van der Waals surface area (Å²) in [5.41, 5.74) is -0.149. The number of halogens is 1. The van der Waals surface area contributed by atoms with Crippen molar-refractivity contribution in [2.75, 3.05) is 0 Å². The summed E-state index contributed by atoms with van der Waals surface area (Å²) in [5.74, 6) is -1.56. The molecule has 0 saturated carbocycles. The monoisotopic (exact) mass is 308 g/mol. The molecule has 1 heterocycles. The van der Waals surface area contributed by atoms with Gasteiger partial charge in [-0.3, -0.25) is 10.1 Å². The SMILES string of the molecule is O=C(O)c1cc([N+](=O)[O-])cnc1OCc1ccccc1Cl. The highest BCUT2D eigenvalue weighted by molar-refractivity contribution is 6.31. The highest BCUT2D eigenvalue weighted by Crippen LogP contribution is 2.23. The van der Waals surface area contributed by atoms with Crippen molar-refractivity contribution >= 4 is 23.3 Å². The Kier molecular flexibility index (Phi) is 4.34. The van der Waals surface area contributed by atoms with Gasteiger partial charge in [-0.05, 0) is 6.07 Å². The maximum Gasteiger partial charge on any atom is 0.341 e. The molecule has 1 N–H and O–H groups in total. The first kappa shape index (κ1) is 14.7. The van der Waals surface area contributed by atoms with Crippen LogP contribution < -0.4 is 4.74 Å². The van der Waals surface area contributed by atoms with E-state index in [4.69, 9.17) is 21.4 Å². The summed E-state index contributed by atoms with van der Waals surface area (Å²) < 4.78 is 5.30. The van der Waals surface area contributed by atoms with Gasteiger partial charge in [0.1, 0.15) is 18.4 Å². The summed E-state index contributed by atoms with van der Waals surface area (Å²) >= 11 is 5.95. The van der Waals surface area contributed by atoms with E-state index in [1.807, 2.05) is 0 Å². The van der Waals surface area contributed by atoms with E-state index in [1.54, 1.807) is 24.3 Å². The maximum absolute atomic E-state index is 11.1. The second-order valence-electron chi connectivity index (χ2n) is 3.99. The standard InChI is InChI=1S/C13H9ClN2O5/c14-11-4-2-1-3-8(11)7-21-12-10(13(17)18)5-9(6-15-12)16(19)20/h1-6H,7H2,(H,17,18). The molecule has 21 heavy (non-hydrogen) atoms. The van der Waals surface area contributed by atoms with Crippen molar-refractivity contribution in [1.82, 2.24) is 4.98 Å². The Balaban J connectivity index is 2.26. The third-order valence-corrected chi connectivity index (χ3v) is 2.97. The number of hydrogen-bond acceptors (Lipinski definition) is 5. The van der Waals surface area contributed by atoms with Gasteiger partial charge in [-0.15, -0.1) is 0 Å². The Hall–Kier alpha value is -2.67. The zero-order valence-electron chi connectivity index (χ0n) is 10.5. The number of benzene rings is 1. The van der Waals surface area contributed by atoms with Crippen LogP contribution in [0.2, 0.25) is 5.02 Å². The first-order chi connectivity index (χ1) is 9.99. The summed E-state index contributed by atoms with van der Waals surface area (Å²) in [4.78, 5) is 24.7. The lowest BCUT2D eigenvalue weighted by Gasteiger charge is -2.08. The number of ether oxygens (including phenoxy) is 1. The van der Waals surface area contributed by atoms with Crippen LogP contribution in [-0.2, 0) is 6.61 Å². The van der Waals surface area contributed by atoms with E-state index >= 15 is 0 Å². The Morgan fingerprint density at radius 2 is 2.14 bits per heavy atom. The van der Waals surface area contributed by atoms with E-state index in [0.29, 0.717) is 10.6 Å². The Bertz CT molecular complexity index is 705. The number of carboxylic acids is 1. The zero-order chi connectivity index (χ0) is 15.4. The molecule has 0 bridgehead atoms. The molecular formula is C13H9ClN2O5. The van der Waals surface area contributed by atoms with Gasteiger partial charge < -0.3 is 9.84 Å². The van der Waals surface area contributed by atoms with Crippen molar-refractivity contribution in [3.05, 3.63) is 62.8 Å². The smallest absolute Gasteiger partial charge is 0.341 e. The molecule has 108 valence electrons. The minimum absolute atomic E-state index is 0.00473. The number of carboxylic acid groups (broad SMARTS) is 1. The van der Waals surface area contributed by atoms with E-state index in [2.05, 4.69) is 4.98 Å². The van der Waals surface area contributed by atoms with Gasteiger partial charge in [-0.1, -0.05) is 29.8 Å². The Morgan fingerprint density at radius 3 is 2.76 bits per heavy atom. The van der Waals surface area contributed by atoms with Gasteiger partial charge in [0.15, 0.2) is 0 Å². The molecule has 0 aliphatic rings. The first-order valence-electron chi connectivity index (χ1n) is 5.73. The molecule has 1 aromatic heterocycles. The number of nitrogens with zero attached hydrogens (tertiary/aromatic N) is 2. The molecule has 0 saturated heterocycles. The van der Waals surface area contributed by atoms with Gasteiger partial charge in [-0.25, -0.2) is 9.78 Å². The van der Waals surface area contributed by atoms with Gasteiger partial charge in [0.25, 0.3) is 5.69 Å². The summed E-state index contributed by atoms with van der Waals surface area (Å²) in [6.07, 6.45) is 0.939. The predicted molar refractivity (Wildman–Crippen MR) is 73.6 cm³/mol. The van der Waals surface area contributed by atoms with Gasteiger partial charge in [0, 0.05) is 16.7 Å². The molecule has 8 heteroatoms. The van der Waals surface area contributed by atoms with Crippen molar-refractivity contribution in [3.63, 3.8) is 0 Å². The van der Waals surface area contributed by atoms with Crippen molar-refractivity contribution in [1.29, 1.82) is 0 Å². The van der Waals surface area contributed by atoms with E-state index in [1.165, 1.54) is 0 Å². The third-order valence-electron chi connectivity index (χ3n) is 2.60. The van der Waals surface area contributed by atoms with E-state index < -0.39 is 16.6 Å². The maximum atomic E-state index is 11.1. The van der Waals surface area contributed by atoms with Crippen molar-refractivity contribution in [3.8, 4) is 5.88 Å².